The maximum Gasteiger partial charge on any atom is 0.233 e. The van der Waals surface area contributed by atoms with Gasteiger partial charge in [0.15, 0.2) is 0 Å². The maximum absolute atomic E-state index is 12.2. The van der Waals surface area contributed by atoms with Gasteiger partial charge < -0.3 is 10.1 Å². The molecule has 0 bridgehead atoms. The summed E-state index contributed by atoms with van der Waals surface area (Å²) in [6.45, 7) is 2.85. The monoisotopic (exact) mass is 351 g/mol. The van der Waals surface area contributed by atoms with Gasteiger partial charge in [0, 0.05) is 10.3 Å². The highest BCUT2D eigenvalue weighted by atomic mass is 32.2. The average Bonchev–Trinajstić information content (AvgIpc) is 2.66. The molecule has 0 aliphatic carbocycles. The van der Waals surface area contributed by atoms with Gasteiger partial charge in [0.2, 0.25) is 5.91 Å². The van der Waals surface area contributed by atoms with E-state index in [-0.39, 0.29) is 11.2 Å². The number of rotatable bonds is 7. The molecule has 0 aliphatic heterocycles. The van der Waals surface area contributed by atoms with Crippen molar-refractivity contribution in [1.82, 2.24) is 5.32 Å². The number of hydrogen-bond acceptors (Lipinski definition) is 3. The SMILES string of the molecule is CC(Sc1ccccc1)C(=O)NCCOc1cccc2ccccc12. The van der Waals surface area contributed by atoms with Crippen LogP contribution in [0.3, 0.4) is 0 Å². The highest BCUT2D eigenvalue weighted by molar-refractivity contribution is 8.00. The molecular formula is C21H21NO2S. The minimum absolute atomic E-state index is 0.0235. The maximum atomic E-state index is 12.2. The molecule has 0 heterocycles. The number of nitrogens with one attached hydrogen (secondary N) is 1. The van der Waals surface area contributed by atoms with Crippen molar-refractivity contribution >= 4 is 28.4 Å². The van der Waals surface area contributed by atoms with Crippen LogP contribution in [0.2, 0.25) is 0 Å². The van der Waals surface area contributed by atoms with Gasteiger partial charge >= 0.3 is 0 Å². The Hall–Kier alpha value is -2.46. The summed E-state index contributed by atoms with van der Waals surface area (Å²) in [5.74, 6) is 0.870. The zero-order valence-corrected chi connectivity index (χ0v) is 15.0. The molecule has 0 spiro atoms. The number of carbonyl (C=O) groups excluding carboxylic acids is 1. The van der Waals surface area contributed by atoms with Crippen molar-refractivity contribution in [2.75, 3.05) is 13.2 Å². The summed E-state index contributed by atoms with van der Waals surface area (Å²) in [4.78, 5) is 13.3. The van der Waals surface area contributed by atoms with E-state index < -0.39 is 0 Å². The van der Waals surface area contributed by atoms with Crippen molar-refractivity contribution in [1.29, 1.82) is 0 Å². The van der Waals surface area contributed by atoms with E-state index in [1.54, 1.807) is 11.8 Å². The number of benzene rings is 3. The fraction of sp³-hybridized carbons (Fsp3) is 0.190. The second kappa shape index (κ2) is 8.58. The first-order valence-electron chi connectivity index (χ1n) is 8.34. The van der Waals surface area contributed by atoms with Gasteiger partial charge in [-0.05, 0) is 30.5 Å². The Labute approximate surface area is 152 Å². The molecule has 3 rings (SSSR count). The normalized spacial score (nSPS) is 11.9. The largest absolute Gasteiger partial charge is 0.491 e. The number of hydrogen-bond donors (Lipinski definition) is 1. The first-order chi connectivity index (χ1) is 12.2. The summed E-state index contributed by atoms with van der Waals surface area (Å²) in [6.07, 6.45) is 0. The zero-order chi connectivity index (χ0) is 17.5. The lowest BCUT2D eigenvalue weighted by atomic mass is 10.1. The van der Waals surface area contributed by atoms with Gasteiger partial charge in [-0.2, -0.15) is 0 Å². The quantitative estimate of drug-likeness (QED) is 0.502. The molecule has 4 heteroatoms. The van der Waals surface area contributed by atoms with E-state index in [9.17, 15) is 4.79 Å². The van der Waals surface area contributed by atoms with Crippen LogP contribution in [-0.4, -0.2) is 24.3 Å². The second-order valence-corrected chi connectivity index (χ2v) is 7.10. The molecule has 1 amide bonds. The summed E-state index contributed by atoms with van der Waals surface area (Å²) >= 11 is 1.56. The minimum Gasteiger partial charge on any atom is -0.491 e. The molecule has 128 valence electrons. The van der Waals surface area contributed by atoms with E-state index in [4.69, 9.17) is 4.74 Å². The third-order valence-corrected chi connectivity index (χ3v) is 4.95. The summed E-state index contributed by atoms with van der Waals surface area (Å²) in [5.41, 5.74) is 0. The van der Waals surface area contributed by atoms with Crippen LogP contribution in [0.1, 0.15) is 6.92 Å². The first kappa shape index (κ1) is 17.4. The van der Waals surface area contributed by atoms with E-state index >= 15 is 0 Å². The molecule has 1 atom stereocenters. The van der Waals surface area contributed by atoms with Gasteiger partial charge in [-0.15, -0.1) is 11.8 Å². The average molecular weight is 351 g/mol. The third kappa shape index (κ3) is 4.77. The Morgan fingerprint density at radius 1 is 1.00 bits per heavy atom. The van der Waals surface area contributed by atoms with Gasteiger partial charge in [-0.25, -0.2) is 0 Å². The minimum atomic E-state index is -0.139. The van der Waals surface area contributed by atoms with Crippen LogP contribution in [-0.2, 0) is 4.79 Å². The first-order valence-corrected chi connectivity index (χ1v) is 9.22. The van der Waals surface area contributed by atoms with Crippen LogP contribution in [0, 0.1) is 0 Å². The number of thioether (sulfide) groups is 1. The number of carbonyl (C=O) groups is 1. The number of ether oxygens (including phenoxy) is 1. The van der Waals surface area contributed by atoms with Crippen LogP contribution in [0.4, 0.5) is 0 Å². The van der Waals surface area contributed by atoms with E-state index in [1.807, 2.05) is 67.6 Å². The Balaban J connectivity index is 1.47. The molecule has 0 saturated carbocycles. The van der Waals surface area contributed by atoms with E-state index in [0.717, 1.165) is 21.4 Å². The van der Waals surface area contributed by atoms with Crippen molar-refractivity contribution in [2.45, 2.75) is 17.1 Å². The molecule has 0 radical (unpaired) electrons. The molecular weight excluding hydrogens is 330 g/mol. The van der Waals surface area contributed by atoms with Gasteiger partial charge in [-0.3, -0.25) is 4.79 Å². The lowest BCUT2D eigenvalue weighted by Crippen LogP contribution is -2.33. The van der Waals surface area contributed by atoms with Crippen molar-refractivity contribution in [3.8, 4) is 5.75 Å². The third-order valence-electron chi connectivity index (χ3n) is 3.83. The van der Waals surface area contributed by atoms with E-state index in [1.165, 1.54) is 0 Å². The molecule has 3 aromatic rings. The van der Waals surface area contributed by atoms with Gasteiger partial charge in [0.05, 0.1) is 11.8 Å². The Morgan fingerprint density at radius 3 is 2.56 bits per heavy atom. The fourth-order valence-electron chi connectivity index (χ4n) is 2.56. The highest BCUT2D eigenvalue weighted by Crippen LogP contribution is 2.25. The topological polar surface area (TPSA) is 38.3 Å². The summed E-state index contributed by atoms with van der Waals surface area (Å²) in [6, 6.07) is 24.1. The van der Waals surface area contributed by atoms with Crippen LogP contribution in [0.15, 0.2) is 77.7 Å². The Kier molecular flexibility index (Phi) is 5.96. The molecule has 1 N–H and O–H groups in total. The molecule has 1 unspecified atom stereocenters. The number of amides is 1. The molecule has 3 aromatic carbocycles. The van der Waals surface area contributed by atoms with Gasteiger partial charge in [0.25, 0.3) is 0 Å². The predicted octanol–water partition coefficient (Wildman–Crippen LogP) is 4.52. The summed E-state index contributed by atoms with van der Waals surface area (Å²) in [5, 5.41) is 5.03. The lowest BCUT2D eigenvalue weighted by molar-refractivity contribution is -0.120. The second-order valence-electron chi connectivity index (χ2n) is 5.69. The molecule has 0 aromatic heterocycles. The smallest absolute Gasteiger partial charge is 0.233 e. The molecule has 0 saturated heterocycles. The standard InChI is InChI=1S/C21H21NO2S/c1-16(25-18-10-3-2-4-11-18)21(23)22-14-15-24-20-13-7-9-17-8-5-6-12-19(17)20/h2-13,16H,14-15H2,1H3,(H,22,23). The van der Waals surface area contributed by atoms with Crippen molar-refractivity contribution in [2.24, 2.45) is 0 Å². The van der Waals surface area contributed by atoms with E-state index in [2.05, 4.69) is 17.4 Å². The van der Waals surface area contributed by atoms with Crippen LogP contribution in [0.5, 0.6) is 5.75 Å². The van der Waals surface area contributed by atoms with Crippen LogP contribution >= 0.6 is 11.8 Å². The summed E-state index contributed by atoms with van der Waals surface area (Å²) < 4.78 is 5.85. The Bertz CT molecular complexity index is 830. The fourth-order valence-corrected chi connectivity index (χ4v) is 3.47. The van der Waals surface area contributed by atoms with Gasteiger partial charge in [0.1, 0.15) is 12.4 Å². The Morgan fingerprint density at radius 2 is 1.72 bits per heavy atom. The van der Waals surface area contributed by atoms with Crippen molar-refractivity contribution in [3.05, 3.63) is 72.8 Å². The lowest BCUT2D eigenvalue weighted by Gasteiger charge is -2.13. The number of fused-ring (bicyclic) bond motifs is 1. The predicted molar refractivity (Wildman–Crippen MR) is 104 cm³/mol. The van der Waals surface area contributed by atoms with Crippen LogP contribution < -0.4 is 10.1 Å². The molecule has 25 heavy (non-hydrogen) atoms. The van der Waals surface area contributed by atoms with Gasteiger partial charge in [-0.1, -0.05) is 54.6 Å². The highest BCUT2D eigenvalue weighted by Gasteiger charge is 2.13. The molecule has 0 aliphatic rings. The summed E-state index contributed by atoms with van der Waals surface area (Å²) in [7, 11) is 0. The zero-order valence-electron chi connectivity index (χ0n) is 14.1. The molecule has 0 fully saturated rings. The molecule has 3 nitrogen and oxygen atoms in total. The van der Waals surface area contributed by atoms with Crippen molar-refractivity contribution < 1.29 is 9.53 Å². The van der Waals surface area contributed by atoms with Crippen LogP contribution in [0.25, 0.3) is 10.8 Å². The van der Waals surface area contributed by atoms with Crippen molar-refractivity contribution in [3.63, 3.8) is 0 Å². The van der Waals surface area contributed by atoms with E-state index in [0.29, 0.717) is 13.2 Å².